The van der Waals surface area contributed by atoms with Crippen LogP contribution in [0.4, 0.5) is 11.4 Å². The number of nitrogens with one attached hydrogen (secondary N) is 3. The predicted octanol–water partition coefficient (Wildman–Crippen LogP) is 3.39. The van der Waals surface area contributed by atoms with E-state index in [0.717, 1.165) is 29.8 Å². The SMILES string of the molecule is Cc1nccc(-c2cccc(NCC(=O)Nc3cccc(C(=O)NC4CC4)c3)c2)n1. The lowest BCUT2D eigenvalue weighted by Crippen LogP contribution is -2.26. The Morgan fingerprint density at radius 1 is 1.03 bits per heavy atom. The van der Waals surface area contributed by atoms with Crippen LogP contribution in [0, 0.1) is 6.92 Å². The van der Waals surface area contributed by atoms with Gasteiger partial charge in [0.15, 0.2) is 0 Å². The van der Waals surface area contributed by atoms with Crippen molar-refractivity contribution in [1.29, 1.82) is 0 Å². The summed E-state index contributed by atoms with van der Waals surface area (Å²) < 4.78 is 0. The van der Waals surface area contributed by atoms with Crippen molar-refractivity contribution in [3.05, 3.63) is 72.2 Å². The molecule has 1 fully saturated rings. The van der Waals surface area contributed by atoms with Gasteiger partial charge in [-0.1, -0.05) is 18.2 Å². The van der Waals surface area contributed by atoms with E-state index >= 15 is 0 Å². The van der Waals surface area contributed by atoms with Crippen molar-refractivity contribution < 1.29 is 9.59 Å². The number of hydrogen-bond acceptors (Lipinski definition) is 5. The highest BCUT2D eigenvalue weighted by Gasteiger charge is 2.23. The maximum absolute atomic E-state index is 12.4. The number of hydrogen-bond donors (Lipinski definition) is 3. The van der Waals surface area contributed by atoms with Crippen LogP contribution < -0.4 is 16.0 Å². The third-order valence-corrected chi connectivity index (χ3v) is 4.71. The number of amides is 2. The van der Waals surface area contributed by atoms with Gasteiger partial charge in [-0.2, -0.15) is 0 Å². The largest absolute Gasteiger partial charge is 0.376 e. The molecule has 3 aromatic rings. The normalized spacial score (nSPS) is 12.8. The summed E-state index contributed by atoms with van der Waals surface area (Å²) >= 11 is 0. The number of aryl methyl sites for hydroxylation is 1. The summed E-state index contributed by atoms with van der Waals surface area (Å²) in [5.74, 6) is 0.403. The van der Waals surface area contributed by atoms with Crippen LogP contribution in [0.2, 0.25) is 0 Å². The summed E-state index contributed by atoms with van der Waals surface area (Å²) in [6.45, 7) is 1.95. The van der Waals surface area contributed by atoms with E-state index in [-0.39, 0.29) is 18.4 Å². The average Bonchev–Trinajstić information content (AvgIpc) is 3.57. The molecule has 7 heteroatoms. The van der Waals surface area contributed by atoms with Gasteiger partial charge in [-0.25, -0.2) is 9.97 Å². The van der Waals surface area contributed by atoms with Gasteiger partial charge in [0.2, 0.25) is 5.91 Å². The van der Waals surface area contributed by atoms with Crippen LogP contribution in [0.3, 0.4) is 0 Å². The maximum Gasteiger partial charge on any atom is 0.251 e. The van der Waals surface area contributed by atoms with Crippen molar-refractivity contribution in [3.63, 3.8) is 0 Å². The van der Waals surface area contributed by atoms with E-state index in [2.05, 4.69) is 25.9 Å². The van der Waals surface area contributed by atoms with Crippen LogP contribution in [0.5, 0.6) is 0 Å². The van der Waals surface area contributed by atoms with Gasteiger partial charge in [0.05, 0.1) is 12.2 Å². The fraction of sp³-hybridized carbons (Fsp3) is 0.217. The predicted molar refractivity (Wildman–Crippen MR) is 116 cm³/mol. The highest BCUT2D eigenvalue weighted by molar-refractivity contribution is 5.98. The van der Waals surface area contributed by atoms with Gasteiger partial charge in [-0.05, 0) is 56.2 Å². The molecule has 0 aliphatic heterocycles. The maximum atomic E-state index is 12.4. The van der Waals surface area contributed by atoms with Gasteiger partial charge >= 0.3 is 0 Å². The van der Waals surface area contributed by atoms with Gasteiger partial charge in [0, 0.05) is 34.7 Å². The van der Waals surface area contributed by atoms with Gasteiger partial charge in [-0.3, -0.25) is 9.59 Å². The van der Waals surface area contributed by atoms with E-state index < -0.39 is 0 Å². The minimum absolute atomic E-state index is 0.102. The molecule has 152 valence electrons. The van der Waals surface area contributed by atoms with Crippen molar-refractivity contribution in [3.8, 4) is 11.3 Å². The summed E-state index contributed by atoms with van der Waals surface area (Å²) in [6.07, 6.45) is 3.79. The van der Waals surface area contributed by atoms with Gasteiger partial charge in [0.25, 0.3) is 5.91 Å². The standard InChI is InChI=1S/C23H23N5O2/c1-15-24-11-10-21(26-15)16-4-2-6-19(12-16)25-14-22(29)27-20-7-3-5-17(13-20)23(30)28-18-8-9-18/h2-7,10-13,18,25H,8-9,14H2,1H3,(H,27,29)(H,28,30). The fourth-order valence-corrected chi connectivity index (χ4v) is 3.03. The van der Waals surface area contributed by atoms with Gasteiger partial charge < -0.3 is 16.0 Å². The highest BCUT2D eigenvalue weighted by Crippen LogP contribution is 2.21. The molecule has 1 saturated carbocycles. The van der Waals surface area contributed by atoms with Crippen molar-refractivity contribution in [1.82, 2.24) is 15.3 Å². The Morgan fingerprint density at radius 3 is 2.63 bits per heavy atom. The molecule has 1 aromatic heterocycles. The Labute approximate surface area is 175 Å². The molecule has 0 radical (unpaired) electrons. The molecule has 30 heavy (non-hydrogen) atoms. The summed E-state index contributed by atoms with van der Waals surface area (Å²) in [5, 5.41) is 8.90. The number of anilines is 2. The molecule has 1 aliphatic carbocycles. The molecule has 0 unspecified atom stereocenters. The average molecular weight is 401 g/mol. The second kappa shape index (κ2) is 8.73. The summed E-state index contributed by atoms with van der Waals surface area (Å²) in [7, 11) is 0. The Morgan fingerprint density at radius 2 is 1.83 bits per heavy atom. The monoisotopic (exact) mass is 401 g/mol. The highest BCUT2D eigenvalue weighted by atomic mass is 16.2. The first kappa shape index (κ1) is 19.6. The van der Waals surface area contributed by atoms with E-state index in [0.29, 0.717) is 23.1 Å². The zero-order chi connectivity index (χ0) is 20.9. The van der Waals surface area contributed by atoms with Gasteiger partial charge in [0.1, 0.15) is 5.82 Å². The van der Waals surface area contributed by atoms with E-state index in [4.69, 9.17) is 0 Å². The lowest BCUT2D eigenvalue weighted by molar-refractivity contribution is -0.114. The molecule has 0 spiro atoms. The van der Waals surface area contributed by atoms with E-state index in [9.17, 15) is 9.59 Å². The first-order valence-corrected chi connectivity index (χ1v) is 9.91. The Hall–Kier alpha value is -3.74. The summed E-state index contributed by atoms with van der Waals surface area (Å²) in [6, 6.07) is 16.8. The topological polar surface area (TPSA) is 96.0 Å². The molecular formula is C23H23N5O2. The molecule has 1 aliphatic rings. The Kier molecular flexibility index (Phi) is 5.70. The lowest BCUT2D eigenvalue weighted by Gasteiger charge is -2.10. The minimum atomic E-state index is -0.196. The smallest absolute Gasteiger partial charge is 0.251 e. The second-order valence-corrected chi connectivity index (χ2v) is 7.30. The molecule has 0 bridgehead atoms. The van der Waals surface area contributed by atoms with Crippen LogP contribution in [-0.4, -0.2) is 34.4 Å². The molecular weight excluding hydrogens is 378 g/mol. The summed E-state index contributed by atoms with van der Waals surface area (Å²) in [4.78, 5) is 33.1. The third-order valence-electron chi connectivity index (χ3n) is 4.71. The van der Waals surface area contributed by atoms with Crippen molar-refractivity contribution in [2.45, 2.75) is 25.8 Å². The van der Waals surface area contributed by atoms with E-state index in [1.165, 1.54) is 0 Å². The number of aromatic nitrogens is 2. The Bertz CT molecular complexity index is 1080. The van der Waals surface area contributed by atoms with Crippen LogP contribution in [0.25, 0.3) is 11.3 Å². The molecule has 7 nitrogen and oxygen atoms in total. The van der Waals surface area contributed by atoms with Crippen LogP contribution in [0.1, 0.15) is 29.0 Å². The number of carbonyl (C=O) groups is 2. The zero-order valence-corrected chi connectivity index (χ0v) is 16.7. The van der Waals surface area contributed by atoms with E-state index in [1.807, 2.05) is 37.3 Å². The molecule has 2 amide bonds. The zero-order valence-electron chi connectivity index (χ0n) is 16.7. The summed E-state index contributed by atoms with van der Waals surface area (Å²) in [5.41, 5.74) is 3.73. The third kappa shape index (κ3) is 5.20. The van der Waals surface area contributed by atoms with Crippen molar-refractivity contribution >= 4 is 23.2 Å². The first-order chi connectivity index (χ1) is 14.6. The minimum Gasteiger partial charge on any atom is -0.376 e. The molecule has 0 atom stereocenters. The molecule has 2 aromatic carbocycles. The van der Waals surface area contributed by atoms with Gasteiger partial charge in [-0.15, -0.1) is 0 Å². The van der Waals surface area contributed by atoms with Crippen molar-refractivity contribution in [2.24, 2.45) is 0 Å². The van der Waals surface area contributed by atoms with Crippen molar-refractivity contribution in [2.75, 3.05) is 17.2 Å². The van der Waals surface area contributed by atoms with Crippen LogP contribution in [-0.2, 0) is 4.79 Å². The first-order valence-electron chi connectivity index (χ1n) is 9.91. The molecule has 4 rings (SSSR count). The lowest BCUT2D eigenvalue weighted by atomic mass is 10.1. The number of nitrogens with zero attached hydrogens (tertiary/aromatic N) is 2. The number of benzene rings is 2. The quantitative estimate of drug-likeness (QED) is 0.564. The van der Waals surface area contributed by atoms with Crippen LogP contribution in [0.15, 0.2) is 60.8 Å². The molecule has 3 N–H and O–H groups in total. The second-order valence-electron chi connectivity index (χ2n) is 7.30. The molecule has 1 heterocycles. The number of rotatable bonds is 7. The molecule has 0 saturated heterocycles. The Balaban J connectivity index is 1.35. The van der Waals surface area contributed by atoms with Crippen LogP contribution >= 0.6 is 0 Å². The fourth-order valence-electron chi connectivity index (χ4n) is 3.03. The number of carbonyl (C=O) groups excluding carboxylic acids is 2. The van der Waals surface area contributed by atoms with E-state index in [1.54, 1.807) is 30.5 Å².